The van der Waals surface area contributed by atoms with Gasteiger partial charge in [0.2, 0.25) is 5.78 Å². The maximum absolute atomic E-state index is 13.1. The average Bonchev–Trinajstić information content (AvgIpc) is 3.26. The summed E-state index contributed by atoms with van der Waals surface area (Å²) in [6.07, 6.45) is 0. The zero-order chi connectivity index (χ0) is 22.6. The lowest BCUT2D eigenvalue weighted by molar-refractivity contribution is -0.115. The van der Waals surface area contributed by atoms with Gasteiger partial charge in [0.25, 0.3) is 11.5 Å². The molecule has 0 bridgehead atoms. The van der Waals surface area contributed by atoms with Crippen LogP contribution < -0.4 is 10.6 Å². The van der Waals surface area contributed by atoms with Crippen LogP contribution in [-0.4, -0.2) is 32.3 Å². The Kier molecular flexibility index (Phi) is 4.30. The molecule has 2 aromatic carbocycles. The van der Waals surface area contributed by atoms with Crippen LogP contribution in [0.2, 0.25) is 0 Å². The molecule has 32 heavy (non-hydrogen) atoms. The molecule has 1 aliphatic carbocycles. The van der Waals surface area contributed by atoms with Crippen LogP contribution in [0.25, 0.3) is 11.3 Å². The van der Waals surface area contributed by atoms with Crippen LogP contribution in [0.1, 0.15) is 18.2 Å². The number of aromatic amines is 1. The summed E-state index contributed by atoms with van der Waals surface area (Å²) in [4.78, 5) is 39.1. The van der Waals surface area contributed by atoms with Gasteiger partial charge in [-0.2, -0.15) is 10.1 Å². The van der Waals surface area contributed by atoms with E-state index in [4.69, 9.17) is 0 Å². The van der Waals surface area contributed by atoms with Crippen molar-refractivity contribution in [3.05, 3.63) is 99.2 Å². The Balaban J connectivity index is 1.60. The first-order valence-electron chi connectivity index (χ1n) is 9.95. The number of Topliss-reactive ketones (excluding diaryl/α,β-unsaturated/α-hetero) is 1. The monoisotopic (exact) mass is 426 g/mol. The number of nitrogens with zero attached hydrogens (tertiary/aromatic N) is 3. The van der Waals surface area contributed by atoms with E-state index in [0.717, 1.165) is 0 Å². The predicted octanol–water partition coefficient (Wildman–Crippen LogP) is 3.05. The highest BCUT2D eigenvalue weighted by Crippen LogP contribution is 2.40. The van der Waals surface area contributed by atoms with E-state index in [-0.39, 0.29) is 28.0 Å². The van der Waals surface area contributed by atoms with Crippen LogP contribution >= 0.6 is 0 Å². The number of allylic oxidation sites excluding steroid dienone is 2. The molecule has 2 heterocycles. The summed E-state index contributed by atoms with van der Waals surface area (Å²) in [6.45, 7) is 3.26. The van der Waals surface area contributed by atoms with E-state index in [1.54, 1.807) is 62.4 Å². The molecule has 0 radical (unpaired) electrons. The number of aliphatic hydroxyl groups excluding tert-OH is 1. The molecule has 0 saturated heterocycles. The second kappa shape index (κ2) is 7.05. The van der Waals surface area contributed by atoms with Gasteiger partial charge in [-0.15, -0.1) is 0 Å². The fourth-order valence-corrected chi connectivity index (χ4v) is 4.00. The maximum Gasteiger partial charge on any atom is 0.281 e. The maximum atomic E-state index is 13.1. The topological polar surface area (TPSA) is 108 Å². The summed E-state index contributed by atoms with van der Waals surface area (Å²) in [6, 6.07) is 17.7. The van der Waals surface area contributed by atoms with Crippen molar-refractivity contribution in [2.24, 2.45) is 5.10 Å². The van der Waals surface area contributed by atoms with Crippen LogP contribution in [0.5, 0.6) is 0 Å². The minimum Gasteiger partial charge on any atom is -0.506 e. The first-order valence-corrected chi connectivity index (χ1v) is 9.95. The molecule has 0 atom stereocenters. The molecule has 8 heteroatoms. The minimum atomic E-state index is -0.560. The normalized spacial score (nSPS) is 18.3. The number of carbonyl (C=O) groups is 2. The van der Waals surface area contributed by atoms with Gasteiger partial charge >= 0.3 is 0 Å². The summed E-state index contributed by atoms with van der Waals surface area (Å²) in [5.41, 5.74) is 1.36. The Morgan fingerprint density at radius 3 is 2.00 bits per heavy atom. The van der Waals surface area contributed by atoms with E-state index in [0.29, 0.717) is 22.8 Å². The fourth-order valence-electron chi connectivity index (χ4n) is 4.00. The van der Waals surface area contributed by atoms with Crippen molar-refractivity contribution >= 4 is 28.7 Å². The molecule has 3 aromatic rings. The van der Waals surface area contributed by atoms with Gasteiger partial charge in [0.1, 0.15) is 5.76 Å². The van der Waals surface area contributed by atoms with E-state index in [9.17, 15) is 19.5 Å². The van der Waals surface area contributed by atoms with Crippen LogP contribution in [0, 0.1) is 6.92 Å². The number of para-hydroxylation sites is 2. The Morgan fingerprint density at radius 2 is 1.41 bits per heavy atom. The van der Waals surface area contributed by atoms with Crippen LogP contribution in [0.15, 0.2) is 87.5 Å². The Hall–Kier alpha value is -4.46. The van der Waals surface area contributed by atoms with Gasteiger partial charge in [-0.05, 0) is 38.1 Å². The number of H-pyrrole nitrogens is 1. The van der Waals surface area contributed by atoms with Crippen molar-refractivity contribution < 1.29 is 14.7 Å². The predicted molar refractivity (Wildman–Crippen MR) is 120 cm³/mol. The number of hydrogen-bond acceptors (Lipinski definition) is 5. The summed E-state index contributed by atoms with van der Waals surface area (Å²) >= 11 is 0. The van der Waals surface area contributed by atoms with Gasteiger partial charge in [0, 0.05) is 5.69 Å². The average molecular weight is 426 g/mol. The van der Waals surface area contributed by atoms with Crippen LogP contribution in [0.3, 0.4) is 0 Å². The molecule has 5 rings (SSSR count). The number of hydrogen-bond donors (Lipinski definition) is 2. The van der Waals surface area contributed by atoms with E-state index < -0.39 is 17.2 Å². The Labute approximate surface area is 182 Å². The molecule has 0 unspecified atom stereocenters. The number of aryl methyl sites for hydroxylation is 1. The first-order chi connectivity index (χ1) is 15.4. The highest BCUT2D eigenvalue weighted by molar-refractivity contribution is 6.45. The van der Waals surface area contributed by atoms with Crippen molar-refractivity contribution in [3.8, 4) is 5.69 Å². The van der Waals surface area contributed by atoms with E-state index in [1.165, 1.54) is 9.69 Å². The number of anilines is 1. The summed E-state index contributed by atoms with van der Waals surface area (Å²) in [5.74, 6) is -1.44. The lowest BCUT2D eigenvalue weighted by Gasteiger charge is -2.22. The molecular weight excluding hydrogens is 408 g/mol. The van der Waals surface area contributed by atoms with E-state index >= 15 is 0 Å². The molecule has 1 aromatic heterocycles. The molecular formula is C24H18N4O4. The highest BCUT2D eigenvalue weighted by Gasteiger charge is 2.44. The largest absolute Gasteiger partial charge is 0.506 e. The van der Waals surface area contributed by atoms with Gasteiger partial charge in [-0.1, -0.05) is 36.4 Å². The number of carbonyl (C=O) groups excluding carboxylic acids is 2. The second-order valence-electron chi connectivity index (χ2n) is 7.53. The standard InChI is InChI=1S/C24H18N4O4/c1-13-17(23(31)27(25-13)15-9-5-3-6-10-15)19-21(29)20(22(19)30)18-14(2)26-28(24(18)32)16-11-7-4-8-12-16/h3-12,25,29H,1-2H3/b20-18-. The van der Waals surface area contributed by atoms with Crippen molar-refractivity contribution in [1.82, 2.24) is 9.78 Å². The van der Waals surface area contributed by atoms with Crippen molar-refractivity contribution in [1.29, 1.82) is 0 Å². The first kappa shape index (κ1) is 19.5. The van der Waals surface area contributed by atoms with Crippen molar-refractivity contribution in [3.63, 3.8) is 0 Å². The molecule has 1 amide bonds. The molecule has 2 aliphatic rings. The number of rotatable bonds is 3. The number of aromatic nitrogens is 2. The van der Waals surface area contributed by atoms with Crippen LogP contribution in [-0.2, 0) is 9.59 Å². The molecule has 2 N–H and O–H groups in total. The van der Waals surface area contributed by atoms with Gasteiger partial charge < -0.3 is 5.11 Å². The number of hydrazone groups is 1. The third-order valence-electron chi connectivity index (χ3n) is 5.53. The third-order valence-corrected chi connectivity index (χ3v) is 5.53. The molecule has 1 aliphatic heterocycles. The van der Waals surface area contributed by atoms with E-state index in [1.807, 2.05) is 12.1 Å². The second-order valence-corrected chi connectivity index (χ2v) is 7.53. The summed E-state index contributed by atoms with van der Waals surface area (Å²) < 4.78 is 1.31. The SMILES string of the molecule is CC1=NN(c2ccccc2)C(=O)/C1=C1\C(=O)C(c2c(C)[nH]n(-c3ccccc3)c2=O)=C1O. The zero-order valence-electron chi connectivity index (χ0n) is 17.3. The van der Waals surface area contributed by atoms with Gasteiger partial charge in [0.15, 0.2) is 0 Å². The molecule has 0 saturated carbocycles. The lowest BCUT2D eigenvalue weighted by atomic mass is 9.80. The molecule has 158 valence electrons. The summed E-state index contributed by atoms with van der Waals surface area (Å²) in [5, 5.41) is 19.2. The van der Waals surface area contributed by atoms with Gasteiger partial charge in [-0.25, -0.2) is 4.68 Å². The van der Waals surface area contributed by atoms with Crippen molar-refractivity contribution in [2.75, 3.05) is 5.01 Å². The smallest absolute Gasteiger partial charge is 0.281 e. The quantitative estimate of drug-likeness (QED) is 0.628. The Bertz CT molecular complexity index is 1440. The number of nitrogens with one attached hydrogen (secondary N) is 1. The zero-order valence-corrected chi connectivity index (χ0v) is 17.3. The fraction of sp³-hybridized carbons (Fsp3) is 0.0833. The third kappa shape index (κ3) is 2.70. The van der Waals surface area contributed by atoms with Crippen LogP contribution in [0.4, 0.5) is 5.69 Å². The highest BCUT2D eigenvalue weighted by atomic mass is 16.3. The number of aliphatic hydroxyl groups is 1. The van der Waals surface area contributed by atoms with E-state index in [2.05, 4.69) is 10.2 Å². The summed E-state index contributed by atoms with van der Waals surface area (Å²) in [7, 11) is 0. The number of amides is 1. The lowest BCUT2D eigenvalue weighted by Crippen LogP contribution is -2.31. The molecule has 0 spiro atoms. The van der Waals surface area contributed by atoms with Gasteiger partial charge in [-0.3, -0.25) is 19.5 Å². The molecule has 8 nitrogen and oxygen atoms in total. The number of ketones is 1. The van der Waals surface area contributed by atoms with Crippen molar-refractivity contribution in [2.45, 2.75) is 13.8 Å². The minimum absolute atomic E-state index is 0.0386. The van der Waals surface area contributed by atoms with Gasteiger partial charge in [0.05, 0.1) is 39.4 Å². The Morgan fingerprint density at radius 1 is 0.812 bits per heavy atom. The molecule has 0 fully saturated rings. The number of benzene rings is 2.